The average Bonchev–Trinajstić information content (AvgIpc) is 3.30. The highest BCUT2D eigenvalue weighted by atomic mass is 19.1. The Hall–Kier alpha value is -3.92. The van der Waals surface area contributed by atoms with E-state index >= 15 is 0 Å². The van der Waals surface area contributed by atoms with Gasteiger partial charge in [0.1, 0.15) is 12.5 Å². The fourth-order valence-electron chi connectivity index (χ4n) is 4.10. The molecule has 0 aliphatic carbocycles. The van der Waals surface area contributed by atoms with Gasteiger partial charge in [-0.2, -0.15) is 5.10 Å². The van der Waals surface area contributed by atoms with Gasteiger partial charge in [0.25, 0.3) is 5.91 Å². The Bertz CT molecular complexity index is 1320. The molecule has 174 valence electrons. The van der Waals surface area contributed by atoms with E-state index in [1.807, 2.05) is 37.5 Å². The van der Waals surface area contributed by atoms with Crippen molar-refractivity contribution in [3.05, 3.63) is 60.6 Å². The van der Waals surface area contributed by atoms with Crippen LogP contribution in [0.1, 0.15) is 10.4 Å². The van der Waals surface area contributed by atoms with Crippen molar-refractivity contribution in [1.29, 1.82) is 0 Å². The van der Waals surface area contributed by atoms with Crippen LogP contribution in [0.3, 0.4) is 0 Å². The molecule has 4 heterocycles. The molecule has 1 fully saturated rings. The second kappa shape index (κ2) is 9.52. The van der Waals surface area contributed by atoms with E-state index in [9.17, 15) is 9.18 Å². The number of nitrogens with zero attached hydrogens (tertiary/aromatic N) is 7. The molecule has 1 aromatic carbocycles. The molecule has 1 amide bonds. The first-order valence-corrected chi connectivity index (χ1v) is 11.2. The van der Waals surface area contributed by atoms with Crippen molar-refractivity contribution in [2.75, 3.05) is 49.6 Å². The van der Waals surface area contributed by atoms with E-state index in [4.69, 9.17) is 0 Å². The van der Waals surface area contributed by atoms with Gasteiger partial charge >= 0.3 is 0 Å². The number of carbonyl (C=O) groups excluding carboxylic acids is 1. The minimum Gasteiger partial charge on any atom is -0.354 e. The largest absolute Gasteiger partial charge is 0.354 e. The van der Waals surface area contributed by atoms with E-state index < -0.39 is 0 Å². The number of benzene rings is 1. The number of amides is 1. The third-order valence-electron chi connectivity index (χ3n) is 5.97. The summed E-state index contributed by atoms with van der Waals surface area (Å²) < 4.78 is 14.3. The highest BCUT2D eigenvalue weighted by Gasteiger charge is 2.19. The predicted octanol–water partition coefficient (Wildman–Crippen LogP) is 2.77. The Balaban J connectivity index is 1.31. The molecule has 34 heavy (non-hydrogen) atoms. The highest BCUT2D eigenvalue weighted by Crippen LogP contribution is 2.24. The van der Waals surface area contributed by atoms with Gasteiger partial charge in [0.15, 0.2) is 5.82 Å². The fraction of sp³-hybridized carbons (Fsp3) is 0.292. The number of fused-ring (bicyclic) bond motifs is 1. The van der Waals surface area contributed by atoms with Crippen molar-refractivity contribution in [3.63, 3.8) is 0 Å². The number of anilines is 2. The number of aromatic nitrogens is 5. The SMILES string of the molecule is Cn1cc(-c2ccc3nnc(NC(=O)c4ccnc(N5CCN(CCF)CC5)c4)cc3c2)cn1. The van der Waals surface area contributed by atoms with Crippen LogP contribution in [-0.4, -0.2) is 75.2 Å². The Morgan fingerprint density at radius 3 is 2.68 bits per heavy atom. The maximum absolute atomic E-state index is 12.9. The number of halogens is 1. The molecular formula is C24H25FN8O. The molecule has 10 heteroatoms. The van der Waals surface area contributed by atoms with E-state index in [2.05, 4.69) is 35.4 Å². The number of pyridine rings is 1. The van der Waals surface area contributed by atoms with Crippen molar-refractivity contribution in [2.24, 2.45) is 7.05 Å². The molecule has 0 bridgehead atoms. The Labute approximate surface area is 196 Å². The molecule has 4 aromatic rings. The van der Waals surface area contributed by atoms with Crippen LogP contribution in [-0.2, 0) is 7.05 Å². The summed E-state index contributed by atoms with van der Waals surface area (Å²) in [7, 11) is 1.88. The summed E-state index contributed by atoms with van der Waals surface area (Å²) in [5, 5.41) is 16.3. The molecule has 1 saturated heterocycles. The summed E-state index contributed by atoms with van der Waals surface area (Å²) in [4.78, 5) is 21.6. The van der Waals surface area contributed by atoms with E-state index in [0.29, 0.717) is 17.9 Å². The maximum atomic E-state index is 12.9. The summed E-state index contributed by atoms with van der Waals surface area (Å²) in [5.74, 6) is 0.828. The molecule has 1 aliphatic rings. The zero-order valence-corrected chi connectivity index (χ0v) is 18.9. The van der Waals surface area contributed by atoms with Crippen LogP contribution in [0, 0.1) is 0 Å². The first-order valence-electron chi connectivity index (χ1n) is 11.2. The molecule has 3 aromatic heterocycles. The quantitative estimate of drug-likeness (QED) is 0.473. The second-order valence-corrected chi connectivity index (χ2v) is 8.28. The number of aryl methyl sites for hydroxylation is 1. The van der Waals surface area contributed by atoms with Crippen LogP contribution >= 0.6 is 0 Å². The predicted molar refractivity (Wildman–Crippen MR) is 129 cm³/mol. The van der Waals surface area contributed by atoms with Gasteiger partial charge in [-0.25, -0.2) is 9.37 Å². The topological polar surface area (TPSA) is 92.1 Å². The molecule has 1 aliphatic heterocycles. The molecule has 0 unspecified atom stereocenters. The lowest BCUT2D eigenvalue weighted by Gasteiger charge is -2.34. The van der Waals surface area contributed by atoms with Gasteiger partial charge in [0.2, 0.25) is 0 Å². The molecule has 0 saturated carbocycles. The highest BCUT2D eigenvalue weighted by molar-refractivity contribution is 6.04. The van der Waals surface area contributed by atoms with Gasteiger partial charge in [-0.15, -0.1) is 10.2 Å². The summed E-state index contributed by atoms with van der Waals surface area (Å²) in [6.45, 7) is 3.16. The number of nitrogens with one attached hydrogen (secondary N) is 1. The van der Waals surface area contributed by atoms with Crippen LogP contribution in [0.5, 0.6) is 0 Å². The molecule has 0 radical (unpaired) electrons. The zero-order valence-electron chi connectivity index (χ0n) is 18.9. The van der Waals surface area contributed by atoms with Crippen LogP contribution in [0.15, 0.2) is 55.0 Å². The summed E-state index contributed by atoms with van der Waals surface area (Å²) in [6.07, 6.45) is 5.38. The summed E-state index contributed by atoms with van der Waals surface area (Å²) in [6, 6.07) is 11.1. The smallest absolute Gasteiger partial charge is 0.257 e. The van der Waals surface area contributed by atoms with Crippen molar-refractivity contribution in [2.45, 2.75) is 0 Å². The van der Waals surface area contributed by atoms with E-state index in [0.717, 1.165) is 54.0 Å². The fourth-order valence-corrected chi connectivity index (χ4v) is 4.10. The van der Waals surface area contributed by atoms with Crippen molar-refractivity contribution in [1.82, 2.24) is 29.9 Å². The number of rotatable bonds is 6. The van der Waals surface area contributed by atoms with Gasteiger partial charge in [-0.05, 0) is 35.9 Å². The van der Waals surface area contributed by atoms with Crippen LogP contribution in [0.4, 0.5) is 16.0 Å². The van der Waals surface area contributed by atoms with Gasteiger partial charge < -0.3 is 10.2 Å². The first kappa shape index (κ1) is 21.9. The van der Waals surface area contributed by atoms with Gasteiger partial charge in [0.05, 0.1) is 11.7 Å². The number of carbonyl (C=O) groups is 1. The summed E-state index contributed by atoms with van der Waals surface area (Å²) in [5.41, 5.74) is 3.24. The number of hydrogen-bond donors (Lipinski definition) is 1. The van der Waals surface area contributed by atoms with Gasteiger partial charge in [-0.3, -0.25) is 14.4 Å². The Kier molecular flexibility index (Phi) is 6.13. The van der Waals surface area contributed by atoms with Crippen LogP contribution < -0.4 is 10.2 Å². The molecule has 0 atom stereocenters. The van der Waals surface area contributed by atoms with Crippen LogP contribution in [0.25, 0.3) is 22.0 Å². The van der Waals surface area contributed by atoms with Crippen molar-refractivity contribution < 1.29 is 9.18 Å². The first-order chi connectivity index (χ1) is 16.6. The number of piperazine rings is 1. The van der Waals surface area contributed by atoms with Gasteiger partial charge in [0, 0.05) is 68.7 Å². The standard InChI is InChI=1S/C24H25FN8O/c1-31-16-20(15-27-31)17-2-3-21-19(12-17)13-22(30-29-21)28-24(34)18-4-6-26-23(14-18)33-10-8-32(7-5-25)9-11-33/h2-4,6,12-16H,5,7-11H2,1H3,(H,28,30,34). The minimum absolute atomic E-state index is 0.281. The average molecular weight is 461 g/mol. The lowest BCUT2D eigenvalue weighted by atomic mass is 10.1. The van der Waals surface area contributed by atoms with Gasteiger partial charge in [-0.1, -0.05) is 6.07 Å². The summed E-state index contributed by atoms with van der Waals surface area (Å²) >= 11 is 0. The Morgan fingerprint density at radius 2 is 1.91 bits per heavy atom. The third kappa shape index (κ3) is 4.72. The number of hydrogen-bond acceptors (Lipinski definition) is 7. The Morgan fingerprint density at radius 1 is 1.06 bits per heavy atom. The van der Waals surface area contributed by atoms with E-state index in [1.54, 1.807) is 29.2 Å². The lowest BCUT2D eigenvalue weighted by Crippen LogP contribution is -2.47. The van der Waals surface area contributed by atoms with E-state index in [1.165, 1.54) is 0 Å². The molecule has 5 rings (SSSR count). The van der Waals surface area contributed by atoms with Crippen LogP contribution in [0.2, 0.25) is 0 Å². The second-order valence-electron chi connectivity index (χ2n) is 8.28. The van der Waals surface area contributed by atoms with Crippen molar-refractivity contribution in [3.8, 4) is 11.1 Å². The monoisotopic (exact) mass is 460 g/mol. The van der Waals surface area contributed by atoms with E-state index in [-0.39, 0.29) is 12.6 Å². The normalized spacial score (nSPS) is 14.5. The molecule has 0 spiro atoms. The number of alkyl halides is 1. The zero-order chi connectivity index (χ0) is 23.5. The lowest BCUT2D eigenvalue weighted by molar-refractivity contribution is 0.102. The molecule has 9 nitrogen and oxygen atoms in total. The van der Waals surface area contributed by atoms with Crippen molar-refractivity contribution >= 4 is 28.4 Å². The molecular weight excluding hydrogens is 435 g/mol. The maximum Gasteiger partial charge on any atom is 0.257 e. The third-order valence-corrected chi connectivity index (χ3v) is 5.97. The molecule has 1 N–H and O–H groups in total. The minimum atomic E-state index is -0.337.